The summed E-state index contributed by atoms with van der Waals surface area (Å²) in [5.41, 5.74) is 4.65. The zero-order chi connectivity index (χ0) is 26.1. The van der Waals surface area contributed by atoms with Gasteiger partial charge in [-0.25, -0.2) is 0 Å². The molecule has 0 aliphatic rings. The Morgan fingerprint density at radius 1 is 0.886 bits per heavy atom. The fourth-order valence-corrected chi connectivity index (χ4v) is 4.61. The van der Waals surface area contributed by atoms with Crippen LogP contribution in [-0.4, -0.2) is 28.4 Å². The molecule has 2 aromatic rings. The molecule has 0 bridgehead atoms. The first kappa shape index (κ1) is 28.5. The molecule has 0 saturated carbocycles. The van der Waals surface area contributed by atoms with Crippen LogP contribution in [0.3, 0.4) is 0 Å². The number of hydrogen-bond donors (Lipinski definition) is 2. The van der Waals surface area contributed by atoms with Crippen LogP contribution in [0.2, 0.25) is 0 Å². The first-order valence-electron chi connectivity index (χ1n) is 13.0. The minimum Gasteiger partial charge on any atom is -0.493 e. The summed E-state index contributed by atoms with van der Waals surface area (Å²) < 4.78 is 5.94. The van der Waals surface area contributed by atoms with Crippen molar-refractivity contribution in [3.8, 4) is 17.6 Å². The van der Waals surface area contributed by atoms with Crippen LogP contribution in [0, 0.1) is 25.7 Å². The predicted octanol–water partition coefficient (Wildman–Crippen LogP) is 6.95. The predicted molar refractivity (Wildman–Crippen MR) is 143 cm³/mol. The molecule has 2 N–H and O–H groups in total. The van der Waals surface area contributed by atoms with Crippen molar-refractivity contribution in [2.45, 2.75) is 97.5 Å². The maximum Gasteiger partial charge on any atom is 0.303 e. The number of aliphatic carboxylic acids is 1. The number of hydrogen-bond acceptors (Lipinski definition) is 3. The standard InChI is InChI=1S/C31H42O4/c1-7-30(34,8-2)19-18-25-14-15-26(21-23(25)5)31(9-3,10-4)27-16-17-28(24(6)22-27)35-20-12-11-13-29(32)33/h14-17,21-22,34H,7-13,20H2,1-6H3,(H,32,33). The number of unbranched alkanes of at least 4 members (excludes halogenated alkanes) is 1. The quantitative estimate of drug-likeness (QED) is 0.256. The van der Waals surface area contributed by atoms with E-state index in [1.807, 2.05) is 19.9 Å². The molecule has 35 heavy (non-hydrogen) atoms. The van der Waals surface area contributed by atoms with E-state index >= 15 is 0 Å². The van der Waals surface area contributed by atoms with Crippen LogP contribution >= 0.6 is 0 Å². The lowest BCUT2D eigenvalue weighted by Crippen LogP contribution is -2.26. The highest BCUT2D eigenvalue weighted by Crippen LogP contribution is 2.41. The summed E-state index contributed by atoms with van der Waals surface area (Å²) in [6.45, 7) is 13.1. The molecular weight excluding hydrogens is 436 g/mol. The second kappa shape index (κ2) is 12.8. The zero-order valence-corrected chi connectivity index (χ0v) is 22.3. The third-order valence-corrected chi connectivity index (χ3v) is 7.36. The number of carbonyl (C=O) groups is 1. The smallest absolute Gasteiger partial charge is 0.303 e. The SMILES string of the molecule is CCC(O)(C#Cc1ccc(C(CC)(CC)c2ccc(OCCCCC(=O)O)c(C)c2)cc1C)CC. The molecule has 0 aliphatic carbocycles. The van der Waals surface area contributed by atoms with Crippen LogP contribution in [0.5, 0.6) is 5.75 Å². The van der Waals surface area contributed by atoms with E-state index in [1.54, 1.807) is 0 Å². The van der Waals surface area contributed by atoms with Crippen molar-refractivity contribution < 1.29 is 19.7 Å². The summed E-state index contributed by atoms with van der Waals surface area (Å²) in [4.78, 5) is 10.7. The van der Waals surface area contributed by atoms with E-state index in [4.69, 9.17) is 9.84 Å². The Kier molecular flexibility index (Phi) is 10.4. The van der Waals surface area contributed by atoms with Gasteiger partial charge in [-0.05, 0) is 86.8 Å². The molecule has 4 heteroatoms. The third kappa shape index (κ3) is 7.12. The largest absolute Gasteiger partial charge is 0.493 e. The topological polar surface area (TPSA) is 66.8 Å². The molecule has 0 radical (unpaired) electrons. The minimum atomic E-state index is -0.931. The molecule has 0 atom stereocenters. The van der Waals surface area contributed by atoms with Crippen LogP contribution in [0.4, 0.5) is 0 Å². The summed E-state index contributed by atoms with van der Waals surface area (Å²) in [6.07, 6.45) is 4.69. The van der Waals surface area contributed by atoms with Gasteiger partial charge in [-0.3, -0.25) is 4.79 Å². The number of rotatable bonds is 12. The van der Waals surface area contributed by atoms with Crippen LogP contribution in [0.1, 0.15) is 100 Å². The van der Waals surface area contributed by atoms with Gasteiger partial charge in [0.05, 0.1) is 6.61 Å². The lowest BCUT2D eigenvalue weighted by atomic mass is 9.70. The second-order valence-corrected chi connectivity index (χ2v) is 9.49. The van der Waals surface area contributed by atoms with Crippen LogP contribution in [0.15, 0.2) is 36.4 Å². The minimum absolute atomic E-state index is 0.116. The molecule has 0 saturated heterocycles. The molecule has 2 aromatic carbocycles. The van der Waals surface area contributed by atoms with Crippen LogP contribution < -0.4 is 4.74 Å². The van der Waals surface area contributed by atoms with Gasteiger partial charge in [0.25, 0.3) is 0 Å². The van der Waals surface area contributed by atoms with E-state index in [9.17, 15) is 9.90 Å². The van der Waals surface area contributed by atoms with Crippen molar-refractivity contribution in [2.75, 3.05) is 6.61 Å². The van der Waals surface area contributed by atoms with Gasteiger partial charge in [0, 0.05) is 17.4 Å². The molecule has 0 unspecified atom stereocenters. The summed E-state index contributed by atoms with van der Waals surface area (Å²) in [5, 5.41) is 19.3. The molecule has 0 heterocycles. The second-order valence-electron chi connectivity index (χ2n) is 9.49. The highest BCUT2D eigenvalue weighted by molar-refractivity contribution is 5.66. The van der Waals surface area contributed by atoms with Gasteiger partial charge in [-0.1, -0.05) is 63.8 Å². The van der Waals surface area contributed by atoms with Gasteiger partial charge < -0.3 is 14.9 Å². The maximum absolute atomic E-state index is 10.7. The van der Waals surface area contributed by atoms with Crippen molar-refractivity contribution in [3.63, 3.8) is 0 Å². The Morgan fingerprint density at radius 3 is 2.00 bits per heavy atom. The Morgan fingerprint density at radius 2 is 1.49 bits per heavy atom. The summed E-state index contributed by atoms with van der Waals surface area (Å²) in [7, 11) is 0. The number of ether oxygens (including phenoxy) is 1. The lowest BCUT2D eigenvalue weighted by Gasteiger charge is -2.34. The van der Waals surface area contributed by atoms with Crippen molar-refractivity contribution in [1.82, 2.24) is 0 Å². The Hall–Kier alpha value is -2.77. The molecule has 0 fully saturated rings. The van der Waals surface area contributed by atoms with E-state index in [-0.39, 0.29) is 11.8 Å². The fourth-order valence-electron chi connectivity index (χ4n) is 4.61. The Labute approximate surface area is 211 Å². The van der Waals surface area contributed by atoms with Gasteiger partial charge >= 0.3 is 5.97 Å². The van der Waals surface area contributed by atoms with Gasteiger partial charge in [-0.15, -0.1) is 0 Å². The molecular formula is C31H42O4. The van der Waals surface area contributed by atoms with Crippen molar-refractivity contribution >= 4 is 5.97 Å². The summed E-state index contributed by atoms with van der Waals surface area (Å²) in [5.74, 6) is 6.38. The van der Waals surface area contributed by atoms with Crippen molar-refractivity contribution in [2.24, 2.45) is 0 Å². The molecule has 2 rings (SSSR count). The van der Waals surface area contributed by atoms with Crippen molar-refractivity contribution in [1.29, 1.82) is 0 Å². The summed E-state index contributed by atoms with van der Waals surface area (Å²) in [6, 6.07) is 13.0. The van der Waals surface area contributed by atoms with Crippen LogP contribution in [0.25, 0.3) is 0 Å². The normalized spacial score (nSPS) is 11.6. The number of benzene rings is 2. The van der Waals surface area contributed by atoms with Gasteiger partial charge in [0.1, 0.15) is 11.4 Å². The highest BCUT2D eigenvalue weighted by atomic mass is 16.5. The van der Waals surface area contributed by atoms with Gasteiger partial charge in [0.2, 0.25) is 0 Å². The maximum atomic E-state index is 10.7. The third-order valence-electron chi connectivity index (χ3n) is 7.36. The summed E-state index contributed by atoms with van der Waals surface area (Å²) >= 11 is 0. The number of carboxylic acid groups (broad SMARTS) is 1. The molecule has 190 valence electrons. The lowest BCUT2D eigenvalue weighted by molar-refractivity contribution is -0.137. The molecule has 0 spiro atoms. The molecule has 0 aliphatic heterocycles. The molecule has 0 aromatic heterocycles. The van der Waals surface area contributed by atoms with Crippen molar-refractivity contribution in [3.05, 3.63) is 64.2 Å². The Balaban J connectivity index is 2.30. The molecule has 0 amide bonds. The van der Waals surface area contributed by atoms with E-state index in [1.165, 1.54) is 11.1 Å². The number of carboxylic acids is 1. The van der Waals surface area contributed by atoms with Gasteiger partial charge in [-0.2, -0.15) is 0 Å². The molecule has 4 nitrogen and oxygen atoms in total. The number of aliphatic hydroxyl groups is 1. The van der Waals surface area contributed by atoms with Crippen LogP contribution in [-0.2, 0) is 10.2 Å². The number of aryl methyl sites for hydroxylation is 2. The van der Waals surface area contributed by atoms with E-state index in [0.29, 0.717) is 25.9 Å². The Bertz CT molecular complexity index is 1050. The van der Waals surface area contributed by atoms with E-state index < -0.39 is 11.6 Å². The van der Waals surface area contributed by atoms with E-state index in [2.05, 4.69) is 69.9 Å². The van der Waals surface area contributed by atoms with Gasteiger partial charge in [0.15, 0.2) is 0 Å². The highest BCUT2D eigenvalue weighted by Gasteiger charge is 2.31. The zero-order valence-electron chi connectivity index (χ0n) is 22.3. The van der Waals surface area contributed by atoms with E-state index in [0.717, 1.165) is 41.7 Å². The monoisotopic (exact) mass is 478 g/mol. The first-order chi connectivity index (χ1) is 16.6. The fraction of sp³-hybridized carbons (Fsp3) is 0.516. The first-order valence-corrected chi connectivity index (χ1v) is 13.0. The average molecular weight is 479 g/mol. The average Bonchev–Trinajstić information content (AvgIpc) is 2.85.